The van der Waals surface area contributed by atoms with E-state index in [1.807, 2.05) is 11.8 Å². The van der Waals surface area contributed by atoms with E-state index in [0.717, 1.165) is 17.6 Å². The zero-order valence-electron chi connectivity index (χ0n) is 10.8. The maximum Gasteiger partial charge on any atom is 0.157 e. The van der Waals surface area contributed by atoms with E-state index >= 15 is 0 Å². The summed E-state index contributed by atoms with van der Waals surface area (Å²) in [6, 6.07) is 2.16. The SMILES string of the molecule is CC1CCC2(CC1)CSC(=NCc1ccsc1)N2. The Bertz CT molecular complexity index is 417. The molecule has 2 aliphatic rings. The molecule has 0 radical (unpaired) electrons. The molecule has 1 aliphatic carbocycles. The zero-order chi connectivity index (χ0) is 12.4. The van der Waals surface area contributed by atoms with Crippen LogP contribution in [0.2, 0.25) is 0 Å². The third kappa shape index (κ3) is 2.75. The maximum absolute atomic E-state index is 4.71. The Balaban J connectivity index is 1.59. The van der Waals surface area contributed by atoms with Crippen LogP contribution in [0.5, 0.6) is 0 Å². The minimum absolute atomic E-state index is 0.366. The van der Waals surface area contributed by atoms with E-state index in [9.17, 15) is 0 Å². The van der Waals surface area contributed by atoms with E-state index in [-0.39, 0.29) is 0 Å². The Morgan fingerprint density at radius 3 is 3.00 bits per heavy atom. The molecule has 0 aromatic carbocycles. The molecule has 0 bridgehead atoms. The molecule has 0 unspecified atom stereocenters. The van der Waals surface area contributed by atoms with Gasteiger partial charge in [-0.25, -0.2) is 0 Å². The summed E-state index contributed by atoms with van der Waals surface area (Å²) < 4.78 is 0. The van der Waals surface area contributed by atoms with Gasteiger partial charge in [-0.3, -0.25) is 4.99 Å². The van der Waals surface area contributed by atoms with Gasteiger partial charge in [0.2, 0.25) is 0 Å². The summed E-state index contributed by atoms with van der Waals surface area (Å²) in [5.74, 6) is 2.12. The van der Waals surface area contributed by atoms with Crippen molar-refractivity contribution in [3.8, 4) is 0 Å². The molecule has 4 heteroatoms. The van der Waals surface area contributed by atoms with Crippen molar-refractivity contribution in [1.29, 1.82) is 0 Å². The van der Waals surface area contributed by atoms with E-state index in [1.54, 1.807) is 11.3 Å². The average Bonchev–Trinajstić information content (AvgIpc) is 3.02. The molecule has 18 heavy (non-hydrogen) atoms. The number of thioether (sulfide) groups is 1. The fourth-order valence-electron chi connectivity index (χ4n) is 2.72. The fourth-order valence-corrected chi connectivity index (χ4v) is 4.60. The molecule has 1 spiro atoms. The quantitative estimate of drug-likeness (QED) is 0.889. The largest absolute Gasteiger partial charge is 0.359 e. The summed E-state index contributed by atoms with van der Waals surface area (Å²) in [5, 5.41) is 9.17. The number of amidine groups is 1. The number of hydrogen-bond donors (Lipinski definition) is 1. The highest BCUT2D eigenvalue weighted by Crippen LogP contribution is 2.38. The maximum atomic E-state index is 4.71. The van der Waals surface area contributed by atoms with Crippen molar-refractivity contribution in [2.75, 3.05) is 5.75 Å². The van der Waals surface area contributed by atoms with Crippen molar-refractivity contribution in [2.45, 2.75) is 44.7 Å². The van der Waals surface area contributed by atoms with Gasteiger partial charge in [0.25, 0.3) is 0 Å². The topological polar surface area (TPSA) is 24.4 Å². The van der Waals surface area contributed by atoms with Crippen molar-refractivity contribution in [3.05, 3.63) is 22.4 Å². The van der Waals surface area contributed by atoms with E-state index in [0.29, 0.717) is 5.54 Å². The number of hydrogen-bond acceptors (Lipinski definition) is 3. The summed E-state index contributed by atoms with van der Waals surface area (Å²) in [5.41, 5.74) is 1.69. The van der Waals surface area contributed by atoms with Crippen molar-refractivity contribution in [1.82, 2.24) is 5.32 Å². The molecular weight excluding hydrogens is 260 g/mol. The number of aliphatic imine (C=N–C) groups is 1. The van der Waals surface area contributed by atoms with Gasteiger partial charge in [-0.15, -0.1) is 0 Å². The van der Waals surface area contributed by atoms with Crippen LogP contribution >= 0.6 is 23.1 Å². The molecule has 1 saturated carbocycles. The van der Waals surface area contributed by atoms with Crippen LogP contribution in [-0.2, 0) is 6.54 Å². The average molecular weight is 280 g/mol. The first-order valence-corrected chi connectivity index (χ1v) is 8.65. The molecule has 1 saturated heterocycles. The molecule has 1 aromatic rings. The second kappa shape index (κ2) is 5.25. The number of nitrogens with one attached hydrogen (secondary N) is 1. The van der Waals surface area contributed by atoms with Crippen LogP contribution in [0.3, 0.4) is 0 Å². The second-order valence-corrected chi connectivity index (χ2v) is 7.37. The monoisotopic (exact) mass is 280 g/mol. The number of rotatable bonds is 2. The van der Waals surface area contributed by atoms with Gasteiger partial charge in [-0.2, -0.15) is 11.3 Å². The van der Waals surface area contributed by atoms with Gasteiger partial charge in [0.1, 0.15) is 0 Å². The van der Waals surface area contributed by atoms with Gasteiger partial charge in [-0.05, 0) is 54.0 Å². The lowest BCUT2D eigenvalue weighted by atomic mass is 9.78. The molecule has 0 amide bonds. The van der Waals surface area contributed by atoms with Gasteiger partial charge in [0, 0.05) is 11.3 Å². The molecule has 0 atom stereocenters. The van der Waals surface area contributed by atoms with Crippen molar-refractivity contribution < 1.29 is 0 Å². The Morgan fingerprint density at radius 1 is 1.44 bits per heavy atom. The van der Waals surface area contributed by atoms with Crippen LogP contribution in [0.4, 0.5) is 0 Å². The van der Waals surface area contributed by atoms with Gasteiger partial charge in [-0.1, -0.05) is 18.7 Å². The fraction of sp³-hybridized carbons (Fsp3) is 0.643. The third-order valence-electron chi connectivity index (χ3n) is 4.07. The summed E-state index contributed by atoms with van der Waals surface area (Å²) in [6.45, 7) is 3.20. The van der Waals surface area contributed by atoms with Gasteiger partial charge < -0.3 is 5.32 Å². The molecule has 2 fully saturated rings. The van der Waals surface area contributed by atoms with Crippen LogP contribution in [0.15, 0.2) is 21.8 Å². The molecule has 1 aromatic heterocycles. The summed E-state index contributed by atoms with van der Waals surface area (Å²) in [6.07, 6.45) is 5.37. The Morgan fingerprint density at radius 2 is 2.28 bits per heavy atom. The standard InChI is InChI=1S/C14H20N2S2/c1-11-2-5-14(6-3-11)10-18-13(16-14)15-8-12-4-7-17-9-12/h4,7,9,11H,2-3,5-6,8,10H2,1H3,(H,15,16). The van der Waals surface area contributed by atoms with Crippen LogP contribution in [-0.4, -0.2) is 16.5 Å². The molecule has 1 aliphatic heterocycles. The first-order valence-electron chi connectivity index (χ1n) is 6.72. The second-order valence-electron chi connectivity index (χ2n) is 5.63. The molecule has 2 nitrogen and oxygen atoms in total. The van der Waals surface area contributed by atoms with Gasteiger partial charge in [0.15, 0.2) is 5.17 Å². The molecule has 1 N–H and O–H groups in total. The molecule has 98 valence electrons. The van der Waals surface area contributed by atoms with E-state index in [4.69, 9.17) is 4.99 Å². The molecular formula is C14H20N2S2. The summed E-state index contributed by atoms with van der Waals surface area (Å²) in [4.78, 5) is 4.71. The van der Waals surface area contributed by atoms with Crippen LogP contribution in [0, 0.1) is 5.92 Å². The smallest absolute Gasteiger partial charge is 0.157 e. The van der Waals surface area contributed by atoms with Gasteiger partial charge >= 0.3 is 0 Å². The zero-order valence-corrected chi connectivity index (χ0v) is 12.4. The van der Waals surface area contributed by atoms with E-state index < -0.39 is 0 Å². The third-order valence-corrected chi connectivity index (χ3v) is 6.01. The van der Waals surface area contributed by atoms with Crippen molar-refractivity contribution >= 4 is 28.3 Å². The molecule has 2 heterocycles. The van der Waals surface area contributed by atoms with E-state index in [2.05, 4.69) is 29.1 Å². The van der Waals surface area contributed by atoms with Crippen molar-refractivity contribution in [3.63, 3.8) is 0 Å². The lowest BCUT2D eigenvalue weighted by Gasteiger charge is -2.35. The lowest BCUT2D eigenvalue weighted by Crippen LogP contribution is -2.46. The van der Waals surface area contributed by atoms with Crippen LogP contribution in [0.25, 0.3) is 0 Å². The predicted octanol–water partition coefficient (Wildman–Crippen LogP) is 3.89. The van der Waals surface area contributed by atoms with Gasteiger partial charge in [0.05, 0.1) is 6.54 Å². The highest BCUT2D eigenvalue weighted by atomic mass is 32.2. The highest BCUT2D eigenvalue weighted by Gasteiger charge is 2.39. The Hall–Kier alpha value is -0.480. The van der Waals surface area contributed by atoms with Crippen molar-refractivity contribution in [2.24, 2.45) is 10.9 Å². The first kappa shape index (κ1) is 12.5. The summed E-state index contributed by atoms with van der Waals surface area (Å²) in [7, 11) is 0. The van der Waals surface area contributed by atoms with E-state index in [1.165, 1.54) is 37.0 Å². The Kier molecular flexibility index (Phi) is 3.66. The number of thiophene rings is 1. The lowest BCUT2D eigenvalue weighted by molar-refractivity contribution is 0.251. The Labute approximate surface area is 117 Å². The minimum atomic E-state index is 0.366. The highest BCUT2D eigenvalue weighted by molar-refractivity contribution is 8.14. The summed E-state index contributed by atoms with van der Waals surface area (Å²) >= 11 is 3.66. The normalized spacial score (nSPS) is 34.1. The first-order chi connectivity index (χ1) is 8.76. The van der Waals surface area contributed by atoms with Crippen LogP contribution < -0.4 is 5.32 Å². The van der Waals surface area contributed by atoms with Crippen LogP contribution in [0.1, 0.15) is 38.2 Å². The number of nitrogens with zero attached hydrogens (tertiary/aromatic N) is 1. The molecule has 3 rings (SSSR count). The predicted molar refractivity (Wildman–Crippen MR) is 81.4 cm³/mol. The minimum Gasteiger partial charge on any atom is -0.359 e.